The molecule has 0 aromatic carbocycles. The molecule has 0 heterocycles. The smallest absolute Gasteiger partial charge is 0.106 e. The highest BCUT2D eigenvalue weighted by Crippen LogP contribution is 2.35. The van der Waals surface area contributed by atoms with Crippen LogP contribution < -0.4 is 0 Å². The van der Waals surface area contributed by atoms with Crippen molar-refractivity contribution in [2.45, 2.75) is 87.4 Å². The molecule has 8 heteroatoms. The normalized spacial score (nSPS) is 50.9. The van der Waals surface area contributed by atoms with E-state index in [2.05, 4.69) is 0 Å². The zero-order valence-corrected chi connectivity index (χ0v) is 17.1. The highest BCUT2D eigenvalue weighted by atomic mass is 16.4. The van der Waals surface area contributed by atoms with Crippen molar-refractivity contribution in [1.29, 1.82) is 0 Å². The van der Waals surface area contributed by atoms with E-state index in [-0.39, 0.29) is 30.1 Å². The molecule has 30 heavy (non-hydrogen) atoms. The van der Waals surface area contributed by atoms with Gasteiger partial charge in [-0.05, 0) is 43.9 Å². The minimum absolute atomic E-state index is 0.0944. The molecule has 3 aliphatic carbocycles. The quantitative estimate of drug-likeness (QED) is 0.260. The molecule has 0 aromatic heterocycles. The Hall–Kier alpha value is -0.840. The maximum Gasteiger partial charge on any atom is 0.106 e. The maximum atomic E-state index is 10.4. The third kappa shape index (κ3) is 5.69. The molecule has 3 rings (SSSR count). The van der Waals surface area contributed by atoms with Gasteiger partial charge in [0.1, 0.15) is 12.2 Å². The third-order valence-electron chi connectivity index (χ3n) is 7.03. The molecule has 0 radical (unpaired) electrons. The van der Waals surface area contributed by atoms with E-state index in [1.54, 1.807) is 0 Å². The fraction of sp³-hybridized carbons (Fsp3) is 0.818. The lowest BCUT2D eigenvalue weighted by molar-refractivity contribution is -0.0941. The molecule has 0 aromatic rings. The van der Waals surface area contributed by atoms with Crippen LogP contribution in [0.25, 0.3) is 0 Å². The van der Waals surface area contributed by atoms with E-state index in [1.807, 2.05) is 24.3 Å². The molecule has 3 fully saturated rings. The van der Waals surface area contributed by atoms with Crippen molar-refractivity contribution in [2.24, 2.45) is 23.7 Å². The fourth-order valence-corrected chi connectivity index (χ4v) is 5.06. The number of rotatable bonds is 4. The highest BCUT2D eigenvalue weighted by Gasteiger charge is 2.37. The van der Waals surface area contributed by atoms with Gasteiger partial charge in [-0.15, -0.1) is 0 Å². The zero-order chi connectivity index (χ0) is 22.0. The van der Waals surface area contributed by atoms with E-state index in [1.165, 1.54) is 0 Å². The van der Waals surface area contributed by atoms with Crippen LogP contribution in [0.5, 0.6) is 0 Å². The van der Waals surface area contributed by atoms with Crippen molar-refractivity contribution in [3.63, 3.8) is 0 Å². The predicted octanol–water partition coefficient (Wildman–Crippen LogP) is -1.17. The van der Waals surface area contributed by atoms with E-state index in [0.717, 1.165) is 0 Å². The Balaban J connectivity index is 1.58. The zero-order valence-electron chi connectivity index (χ0n) is 17.1. The number of allylic oxidation sites excluding steroid dienone is 2. The molecular weight excluding hydrogens is 392 g/mol. The average Bonchev–Trinajstić information content (AvgIpc) is 2.68. The van der Waals surface area contributed by atoms with Crippen LogP contribution in [0, 0.1) is 23.7 Å². The van der Waals surface area contributed by atoms with E-state index in [4.69, 9.17) is 0 Å². The molecule has 8 atom stereocenters. The lowest BCUT2D eigenvalue weighted by Crippen LogP contribution is -2.44. The van der Waals surface area contributed by atoms with E-state index >= 15 is 0 Å². The van der Waals surface area contributed by atoms with Gasteiger partial charge in [-0.3, -0.25) is 0 Å². The van der Waals surface area contributed by atoms with Crippen LogP contribution in [-0.4, -0.2) is 89.7 Å². The molecule has 0 bridgehead atoms. The van der Waals surface area contributed by atoms with E-state index < -0.39 is 48.8 Å². The van der Waals surface area contributed by atoms with Crippen molar-refractivity contribution in [2.75, 3.05) is 0 Å². The van der Waals surface area contributed by atoms with Gasteiger partial charge < -0.3 is 40.9 Å². The third-order valence-corrected chi connectivity index (χ3v) is 7.03. The molecule has 0 saturated heterocycles. The second-order valence-electron chi connectivity index (χ2n) is 9.42. The highest BCUT2D eigenvalue weighted by molar-refractivity contribution is 5.07. The van der Waals surface area contributed by atoms with Crippen LogP contribution in [0.2, 0.25) is 0 Å². The van der Waals surface area contributed by atoms with Crippen LogP contribution >= 0.6 is 0 Å². The maximum absolute atomic E-state index is 10.4. The van der Waals surface area contributed by atoms with Crippen LogP contribution in [0.15, 0.2) is 24.3 Å². The lowest BCUT2D eigenvalue weighted by atomic mass is 9.75. The summed E-state index contributed by atoms with van der Waals surface area (Å²) in [5, 5.41) is 79.5. The Bertz CT molecular complexity index is 536. The van der Waals surface area contributed by atoms with Crippen molar-refractivity contribution < 1.29 is 40.9 Å². The van der Waals surface area contributed by atoms with Gasteiger partial charge in [0.15, 0.2) is 0 Å². The van der Waals surface area contributed by atoms with Gasteiger partial charge in [0.25, 0.3) is 0 Å². The lowest BCUT2D eigenvalue weighted by Gasteiger charge is -2.36. The Labute approximate surface area is 176 Å². The summed E-state index contributed by atoms with van der Waals surface area (Å²) in [7, 11) is 0. The standard InChI is InChI=1S/C22H36O8/c23-15-10-16(24)14(4-2-12-7-19(27)22(30)20(28)8-12)9-13(15)3-1-11-5-17(25)21(29)18(26)6-11/h1-4,11-30H,5-10H2/b3-1+,4-2+. The van der Waals surface area contributed by atoms with E-state index in [0.29, 0.717) is 32.1 Å². The van der Waals surface area contributed by atoms with E-state index in [9.17, 15) is 40.9 Å². The number of aliphatic hydroxyl groups is 8. The van der Waals surface area contributed by atoms with Gasteiger partial charge in [0, 0.05) is 18.3 Å². The first-order valence-electron chi connectivity index (χ1n) is 11.0. The first kappa shape index (κ1) is 23.8. The number of aliphatic hydroxyl groups excluding tert-OH is 8. The number of hydrogen-bond acceptors (Lipinski definition) is 8. The average molecular weight is 429 g/mol. The molecule has 8 N–H and O–H groups in total. The summed E-state index contributed by atoms with van der Waals surface area (Å²) in [4.78, 5) is 0. The largest absolute Gasteiger partial charge is 0.392 e. The summed E-state index contributed by atoms with van der Waals surface area (Å²) < 4.78 is 0. The minimum atomic E-state index is -1.13. The van der Waals surface area contributed by atoms with Crippen LogP contribution in [0.4, 0.5) is 0 Å². The Kier molecular flexibility index (Phi) is 8.09. The molecule has 3 aliphatic rings. The summed E-state index contributed by atoms with van der Waals surface area (Å²) in [6.45, 7) is 0. The van der Waals surface area contributed by atoms with Gasteiger partial charge in [-0.25, -0.2) is 0 Å². The second kappa shape index (κ2) is 10.2. The van der Waals surface area contributed by atoms with Gasteiger partial charge in [0.2, 0.25) is 0 Å². The second-order valence-corrected chi connectivity index (χ2v) is 9.42. The molecule has 8 unspecified atom stereocenters. The molecule has 8 nitrogen and oxygen atoms in total. The Morgan fingerprint density at radius 2 is 0.700 bits per heavy atom. The number of hydrogen-bond donors (Lipinski definition) is 8. The SMILES string of the molecule is OC1CC(O)C(/C=C/C2CC(O)C(O)C(O)C2)CC1/C=C/C1CC(O)C(O)C(O)C1. The topological polar surface area (TPSA) is 162 Å². The van der Waals surface area contributed by atoms with Gasteiger partial charge >= 0.3 is 0 Å². The monoisotopic (exact) mass is 428 g/mol. The van der Waals surface area contributed by atoms with Crippen LogP contribution in [0.1, 0.15) is 38.5 Å². The molecular formula is C22H36O8. The van der Waals surface area contributed by atoms with Crippen molar-refractivity contribution in [3.05, 3.63) is 24.3 Å². The Morgan fingerprint density at radius 3 is 1.03 bits per heavy atom. The summed E-state index contributed by atoms with van der Waals surface area (Å²) in [6, 6.07) is 0. The van der Waals surface area contributed by atoms with Gasteiger partial charge in [-0.2, -0.15) is 0 Å². The van der Waals surface area contributed by atoms with Gasteiger partial charge in [0.05, 0.1) is 36.6 Å². The molecule has 172 valence electrons. The molecule has 0 aliphatic heterocycles. The Morgan fingerprint density at radius 1 is 0.367 bits per heavy atom. The molecule has 0 spiro atoms. The molecule has 0 amide bonds. The van der Waals surface area contributed by atoms with Crippen molar-refractivity contribution in [1.82, 2.24) is 0 Å². The summed E-state index contributed by atoms with van der Waals surface area (Å²) in [5.74, 6) is -0.562. The first-order chi connectivity index (χ1) is 14.2. The van der Waals surface area contributed by atoms with Gasteiger partial charge in [-0.1, -0.05) is 24.3 Å². The predicted molar refractivity (Wildman–Crippen MR) is 108 cm³/mol. The van der Waals surface area contributed by atoms with Crippen molar-refractivity contribution in [3.8, 4) is 0 Å². The van der Waals surface area contributed by atoms with Crippen LogP contribution in [0.3, 0.4) is 0 Å². The van der Waals surface area contributed by atoms with Crippen molar-refractivity contribution >= 4 is 0 Å². The fourth-order valence-electron chi connectivity index (χ4n) is 5.06. The summed E-state index contributed by atoms with van der Waals surface area (Å²) >= 11 is 0. The molecule has 3 saturated carbocycles. The minimum Gasteiger partial charge on any atom is -0.392 e. The van der Waals surface area contributed by atoms with Crippen LogP contribution in [-0.2, 0) is 0 Å². The first-order valence-corrected chi connectivity index (χ1v) is 11.0. The summed E-state index contributed by atoms with van der Waals surface area (Å²) in [6.07, 6.45) is 2.11. The summed E-state index contributed by atoms with van der Waals surface area (Å²) in [5.41, 5.74) is 0.